The molecule has 0 radical (unpaired) electrons. The third-order valence-corrected chi connectivity index (χ3v) is 2.90. The third-order valence-electron chi connectivity index (χ3n) is 2.90. The zero-order chi connectivity index (χ0) is 15.8. The molecule has 1 atom stereocenters. The van der Waals surface area contributed by atoms with Gasteiger partial charge in [-0.1, -0.05) is 12.1 Å². The second-order valence-electron chi connectivity index (χ2n) is 4.67. The molecule has 0 aliphatic heterocycles. The topological polar surface area (TPSA) is 60.7 Å². The number of carbonyl (C=O) groups excluding carboxylic acids is 1. The Balaban J connectivity index is 1.80. The number of carbonyl (C=O) groups is 1. The quantitative estimate of drug-likeness (QED) is 0.799. The SMILES string of the molecule is COc1ccccc1O[C@H](C)CNC(=O)/C=C/c1ccco1. The van der Waals surface area contributed by atoms with Gasteiger partial charge in [-0.05, 0) is 37.3 Å². The van der Waals surface area contributed by atoms with Crippen LogP contribution in [0.5, 0.6) is 11.5 Å². The van der Waals surface area contributed by atoms with Gasteiger partial charge < -0.3 is 19.2 Å². The van der Waals surface area contributed by atoms with Crippen LogP contribution in [0.15, 0.2) is 53.2 Å². The summed E-state index contributed by atoms with van der Waals surface area (Å²) in [5.41, 5.74) is 0. The Kier molecular flexibility index (Phi) is 5.65. The molecule has 5 nitrogen and oxygen atoms in total. The first-order valence-electron chi connectivity index (χ1n) is 6.98. The van der Waals surface area contributed by atoms with E-state index in [0.717, 1.165) is 0 Å². The largest absolute Gasteiger partial charge is 0.493 e. The molecule has 0 saturated heterocycles. The van der Waals surface area contributed by atoms with E-state index < -0.39 is 0 Å². The van der Waals surface area contributed by atoms with Crippen LogP contribution in [0, 0.1) is 0 Å². The highest BCUT2D eigenvalue weighted by atomic mass is 16.5. The van der Waals surface area contributed by atoms with Crippen molar-refractivity contribution < 1.29 is 18.7 Å². The molecule has 1 N–H and O–H groups in total. The lowest BCUT2D eigenvalue weighted by molar-refractivity contribution is -0.116. The summed E-state index contributed by atoms with van der Waals surface area (Å²) in [7, 11) is 1.59. The predicted molar refractivity (Wildman–Crippen MR) is 83.8 cm³/mol. The number of furan rings is 1. The third kappa shape index (κ3) is 4.70. The van der Waals surface area contributed by atoms with Crippen LogP contribution in [0.25, 0.3) is 6.08 Å². The standard InChI is InChI=1S/C17H19NO4/c1-13(22-16-8-4-3-7-15(16)20-2)12-18-17(19)10-9-14-6-5-11-21-14/h3-11,13H,12H2,1-2H3,(H,18,19)/b10-9+/t13-/m1/s1. The molecule has 116 valence electrons. The Labute approximate surface area is 129 Å². The van der Waals surface area contributed by atoms with E-state index in [-0.39, 0.29) is 12.0 Å². The summed E-state index contributed by atoms with van der Waals surface area (Å²) in [5, 5.41) is 2.77. The van der Waals surface area contributed by atoms with Gasteiger partial charge >= 0.3 is 0 Å². The fourth-order valence-corrected chi connectivity index (χ4v) is 1.82. The highest BCUT2D eigenvalue weighted by molar-refractivity contribution is 5.91. The summed E-state index contributed by atoms with van der Waals surface area (Å²) < 4.78 is 16.1. The van der Waals surface area contributed by atoms with E-state index in [9.17, 15) is 4.79 Å². The normalized spacial score (nSPS) is 12.1. The van der Waals surface area contributed by atoms with Gasteiger partial charge in [0.15, 0.2) is 11.5 Å². The van der Waals surface area contributed by atoms with Gasteiger partial charge in [-0.15, -0.1) is 0 Å². The number of hydrogen-bond donors (Lipinski definition) is 1. The van der Waals surface area contributed by atoms with Gasteiger partial charge in [-0.3, -0.25) is 4.79 Å². The lowest BCUT2D eigenvalue weighted by atomic mass is 10.3. The molecule has 0 unspecified atom stereocenters. The average Bonchev–Trinajstić information content (AvgIpc) is 3.05. The first-order chi connectivity index (χ1) is 10.7. The van der Waals surface area contributed by atoms with Crippen LogP contribution in [0.4, 0.5) is 0 Å². The van der Waals surface area contributed by atoms with E-state index in [4.69, 9.17) is 13.9 Å². The van der Waals surface area contributed by atoms with Gasteiger partial charge in [0.05, 0.1) is 19.9 Å². The molecule has 2 rings (SSSR count). The van der Waals surface area contributed by atoms with Crippen molar-refractivity contribution in [3.8, 4) is 11.5 Å². The molecular formula is C17H19NO4. The van der Waals surface area contributed by atoms with Gasteiger partial charge in [0.2, 0.25) is 5.91 Å². The maximum Gasteiger partial charge on any atom is 0.244 e. The van der Waals surface area contributed by atoms with Crippen molar-refractivity contribution in [2.45, 2.75) is 13.0 Å². The van der Waals surface area contributed by atoms with E-state index in [0.29, 0.717) is 23.8 Å². The van der Waals surface area contributed by atoms with Crippen LogP contribution in [0.3, 0.4) is 0 Å². The van der Waals surface area contributed by atoms with Crippen LogP contribution in [-0.4, -0.2) is 25.7 Å². The van der Waals surface area contributed by atoms with Gasteiger partial charge in [-0.2, -0.15) is 0 Å². The van der Waals surface area contributed by atoms with E-state index in [1.54, 1.807) is 31.6 Å². The summed E-state index contributed by atoms with van der Waals surface area (Å²) >= 11 is 0. The number of rotatable bonds is 7. The second-order valence-corrected chi connectivity index (χ2v) is 4.67. The molecule has 0 spiro atoms. The molecule has 5 heteroatoms. The Hall–Kier alpha value is -2.69. The number of para-hydroxylation sites is 2. The molecule has 2 aromatic rings. The number of hydrogen-bond acceptors (Lipinski definition) is 4. The first-order valence-corrected chi connectivity index (χ1v) is 6.98. The summed E-state index contributed by atoms with van der Waals surface area (Å²) in [5.74, 6) is 1.75. The van der Waals surface area contributed by atoms with Gasteiger partial charge in [0.1, 0.15) is 11.9 Å². The van der Waals surface area contributed by atoms with Crippen molar-refractivity contribution in [2.75, 3.05) is 13.7 Å². The Morgan fingerprint density at radius 1 is 1.27 bits per heavy atom. The van der Waals surface area contributed by atoms with Gasteiger partial charge in [0.25, 0.3) is 0 Å². The molecule has 0 bridgehead atoms. The smallest absolute Gasteiger partial charge is 0.244 e. The second kappa shape index (κ2) is 7.93. The Morgan fingerprint density at radius 3 is 2.73 bits per heavy atom. The minimum absolute atomic E-state index is 0.183. The molecule has 0 fully saturated rings. The molecule has 1 heterocycles. The van der Waals surface area contributed by atoms with E-state index in [1.807, 2.05) is 31.2 Å². The number of ether oxygens (including phenoxy) is 2. The van der Waals surface area contributed by atoms with E-state index in [2.05, 4.69) is 5.32 Å². The fraction of sp³-hybridized carbons (Fsp3) is 0.235. The lowest BCUT2D eigenvalue weighted by Gasteiger charge is -2.16. The highest BCUT2D eigenvalue weighted by Gasteiger charge is 2.09. The lowest BCUT2D eigenvalue weighted by Crippen LogP contribution is -2.32. The molecular weight excluding hydrogens is 282 g/mol. The summed E-state index contributed by atoms with van der Waals surface area (Å²) in [4.78, 5) is 11.7. The van der Waals surface area contributed by atoms with Crippen LogP contribution >= 0.6 is 0 Å². The minimum atomic E-state index is -0.202. The summed E-state index contributed by atoms with van der Waals surface area (Å²) in [6, 6.07) is 10.9. The zero-order valence-corrected chi connectivity index (χ0v) is 12.6. The molecule has 1 amide bonds. The molecule has 1 aromatic heterocycles. The number of methoxy groups -OCH3 is 1. The summed E-state index contributed by atoms with van der Waals surface area (Å²) in [6.45, 7) is 2.27. The van der Waals surface area contributed by atoms with Crippen molar-refractivity contribution in [1.29, 1.82) is 0 Å². The van der Waals surface area contributed by atoms with Crippen molar-refractivity contribution in [3.05, 3.63) is 54.5 Å². The zero-order valence-electron chi connectivity index (χ0n) is 12.6. The first kappa shape index (κ1) is 15.7. The Morgan fingerprint density at radius 2 is 2.05 bits per heavy atom. The number of nitrogens with one attached hydrogen (secondary N) is 1. The number of amides is 1. The van der Waals surface area contributed by atoms with Crippen molar-refractivity contribution in [1.82, 2.24) is 5.32 Å². The van der Waals surface area contributed by atoms with Gasteiger partial charge in [0, 0.05) is 6.08 Å². The molecule has 0 saturated carbocycles. The summed E-state index contributed by atoms with van der Waals surface area (Å²) in [6.07, 6.45) is 4.41. The van der Waals surface area contributed by atoms with Crippen LogP contribution in [-0.2, 0) is 4.79 Å². The average molecular weight is 301 g/mol. The monoisotopic (exact) mass is 301 g/mol. The minimum Gasteiger partial charge on any atom is -0.493 e. The van der Waals surface area contributed by atoms with Gasteiger partial charge in [-0.25, -0.2) is 0 Å². The predicted octanol–water partition coefficient (Wildman–Crippen LogP) is 2.89. The molecule has 0 aliphatic carbocycles. The van der Waals surface area contributed by atoms with Crippen LogP contribution in [0.2, 0.25) is 0 Å². The highest BCUT2D eigenvalue weighted by Crippen LogP contribution is 2.26. The number of benzene rings is 1. The van der Waals surface area contributed by atoms with E-state index in [1.165, 1.54) is 6.08 Å². The molecule has 22 heavy (non-hydrogen) atoms. The van der Waals surface area contributed by atoms with Crippen LogP contribution < -0.4 is 14.8 Å². The molecule has 0 aliphatic rings. The van der Waals surface area contributed by atoms with Crippen molar-refractivity contribution >= 4 is 12.0 Å². The maximum atomic E-state index is 11.7. The van der Waals surface area contributed by atoms with Crippen molar-refractivity contribution in [2.24, 2.45) is 0 Å². The maximum absolute atomic E-state index is 11.7. The van der Waals surface area contributed by atoms with E-state index >= 15 is 0 Å². The fourth-order valence-electron chi connectivity index (χ4n) is 1.82. The molecule has 1 aromatic carbocycles. The Bertz CT molecular complexity index is 619. The van der Waals surface area contributed by atoms with Crippen molar-refractivity contribution in [3.63, 3.8) is 0 Å². The van der Waals surface area contributed by atoms with Crippen LogP contribution in [0.1, 0.15) is 12.7 Å².